The fourth-order valence-electron chi connectivity index (χ4n) is 1.70. The van der Waals surface area contributed by atoms with E-state index in [1.807, 2.05) is 25.1 Å². The maximum Gasteiger partial charge on any atom is 0.232 e. The number of nitrogens with zero attached hydrogens (tertiary/aromatic N) is 1. The fourth-order valence-corrected chi connectivity index (χ4v) is 1.70. The van der Waals surface area contributed by atoms with E-state index in [2.05, 4.69) is 10.3 Å². The summed E-state index contributed by atoms with van der Waals surface area (Å²) in [5.74, 6) is 0.124. The first-order chi connectivity index (χ1) is 6.79. The van der Waals surface area contributed by atoms with Gasteiger partial charge in [0, 0.05) is 12.7 Å². The van der Waals surface area contributed by atoms with Gasteiger partial charge in [-0.25, -0.2) is 0 Å². The van der Waals surface area contributed by atoms with E-state index in [1.165, 1.54) is 0 Å². The number of aromatic nitrogens is 1. The second-order valence-electron chi connectivity index (χ2n) is 3.66. The standard InChI is InChI=1S/C11H14N2O/c1-2-12-10(14)11(6-7-11)9-5-3-4-8-13-9/h3-5,8H,2,6-7H2,1H3,(H,12,14). The highest BCUT2D eigenvalue weighted by Gasteiger charge is 2.52. The molecule has 1 amide bonds. The Morgan fingerprint density at radius 2 is 2.36 bits per heavy atom. The minimum absolute atomic E-state index is 0.124. The molecule has 1 heterocycles. The predicted molar refractivity (Wildman–Crippen MR) is 53.8 cm³/mol. The van der Waals surface area contributed by atoms with Crippen molar-refractivity contribution in [2.24, 2.45) is 0 Å². The predicted octanol–water partition coefficient (Wildman–Crippen LogP) is 1.25. The number of nitrogens with one attached hydrogen (secondary N) is 1. The van der Waals surface area contributed by atoms with Crippen molar-refractivity contribution in [1.29, 1.82) is 0 Å². The molecule has 0 unspecified atom stereocenters. The second kappa shape index (κ2) is 3.40. The maximum atomic E-state index is 11.8. The number of likely N-dealkylation sites (N-methyl/N-ethyl adjacent to an activating group) is 1. The Morgan fingerprint density at radius 3 is 2.86 bits per heavy atom. The molecule has 0 aliphatic heterocycles. The number of hydrogen-bond donors (Lipinski definition) is 1. The third-order valence-corrected chi connectivity index (χ3v) is 2.68. The highest BCUT2D eigenvalue weighted by Crippen LogP contribution is 2.47. The van der Waals surface area contributed by atoms with Gasteiger partial charge in [-0.15, -0.1) is 0 Å². The molecule has 1 aromatic heterocycles. The van der Waals surface area contributed by atoms with Gasteiger partial charge in [0.2, 0.25) is 5.91 Å². The lowest BCUT2D eigenvalue weighted by Crippen LogP contribution is -2.34. The minimum Gasteiger partial charge on any atom is -0.356 e. The van der Waals surface area contributed by atoms with Gasteiger partial charge >= 0.3 is 0 Å². The first-order valence-electron chi connectivity index (χ1n) is 4.99. The smallest absolute Gasteiger partial charge is 0.232 e. The van der Waals surface area contributed by atoms with Gasteiger partial charge < -0.3 is 5.32 Å². The normalized spacial score (nSPS) is 17.5. The summed E-state index contributed by atoms with van der Waals surface area (Å²) in [6.45, 7) is 2.62. The van der Waals surface area contributed by atoms with E-state index < -0.39 is 0 Å². The Morgan fingerprint density at radius 1 is 1.57 bits per heavy atom. The average Bonchev–Trinajstić information content (AvgIpc) is 3.00. The summed E-state index contributed by atoms with van der Waals surface area (Å²) >= 11 is 0. The van der Waals surface area contributed by atoms with Crippen molar-refractivity contribution in [3.63, 3.8) is 0 Å². The van der Waals surface area contributed by atoms with Gasteiger partial charge in [0.1, 0.15) is 0 Å². The second-order valence-corrected chi connectivity index (χ2v) is 3.66. The Hall–Kier alpha value is -1.38. The number of pyridine rings is 1. The number of hydrogen-bond acceptors (Lipinski definition) is 2. The van der Waals surface area contributed by atoms with Gasteiger partial charge in [-0.3, -0.25) is 9.78 Å². The molecule has 74 valence electrons. The highest BCUT2D eigenvalue weighted by atomic mass is 16.2. The molecule has 0 atom stereocenters. The van der Waals surface area contributed by atoms with Crippen molar-refractivity contribution in [2.45, 2.75) is 25.2 Å². The SMILES string of the molecule is CCNC(=O)C1(c2ccccn2)CC1. The van der Waals surface area contributed by atoms with Crippen molar-refractivity contribution in [3.8, 4) is 0 Å². The van der Waals surface area contributed by atoms with Crippen LogP contribution in [0.2, 0.25) is 0 Å². The molecule has 1 saturated carbocycles. The summed E-state index contributed by atoms with van der Waals surface area (Å²) in [5, 5.41) is 2.87. The molecular weight excluding hydrogens is 176 g/mol. The van der Waals surface area contributed by atoms with Gasteiger partial charge in [-0.2, -0.15) is 0 Å². The summed E-state index contributed by atoms with van der Waals surface area (Å²) < 4.78 is 0. The molecule has 1 aromatic rings. The van der Waals surface area contributed by atoms with Crippen LogP contribution in [0.25, 0.3) is 0 Å². The molecule has 1 aliphatic rings. The molecule has 3 nitrogen and oxygen atoms in total. The number of carbonyl (C=O) groups is 1. The molecule has 0 aromatic carbocycles. The van der Waals surface area contributed by atoms with Crippen LogP contribution in [-0.2, 0) is 10.2 Å². The molecule has 2 rings (SSSR count). The molecule has 1 N–H and O–H groups in total. The zero-order valence-corrected chi connectivity index (χ0v) is 8.29. The average molecular weight is 190 g/mol. The van der Waals surface area contributed by atoms with Crippen LogP contribution in [0, 0.1) is 0 Å². The maximum absolute atomic E-state index is 11.8. The Bertz CT molecular complexity index is 330. The summed E-state index contributed by atoms with van der Waals surface area (Å²) in [6, 6.07) is 5.74. The van der Waals surface area contributed by atoms with Crippen LogP contribution in [0.1, 0.15) is 25.5 Å². The van der Waals surface area contributed by atoms with Gasteiger partial charge in [-0.1, -0.05) is 6.07 Å². The van der Waals surface area contributed by atoms with E-state index in [0.717, 1.165) is 18.5 Å². The Labute approximate surface area is 83.5 Å². The monoisotopic (exact) mass is 190 g/mol. The topological polar surface area (TPSA) is 42.0 Å². The fraction of sp³-hybridized carbons (Fsp3) is 0.455. The van der Waals surface area contributed by atoms with E-state index in [-0.39, 0.29) is 11.3 Å². The molecule has 0 bridgehead atoms. The molecule has 1 aliphatic carbocycles. The molecule has 0 saturated heterocycles. The van der Waals surface area contributed by atoms with Crippen LogP contribution in [-0.4, -0.2) is 17.4 Å². The van der Waals surface area contributed by atoms with Gasteiger partial charge in [-0.05, 0) is 31.9 Å². The van der Waals surface area contributed by atoms with Crippen molar-refractivity contribution < 1.29 is 4.79 Å². The summed E-state index contributed by atoms with van der Waals surface area (Å²) in [5.41, 5.74) is 0.600. The van der Waals surface area contributed by atoms with Gasteiger partial charge in [0.05, 0.1) is 11.1 Å². The van der Waals surface area contributed by atoms with Gasteiger partial charge in [0.25, 0.3) is 0 Å². The zero-order valence-electron chi connectivity index (χ0n) is 8.29. The number of carbonyl (C=O) groups excluding carboxylic acids is 1. The van der Waals surface area contributed by atoms with Crippen LogP contribution in [0.15, 0.2) is 24.4 Å². The van der Waals surface area contributed by atoms with Gasteiger partial charge in [0.15, 0.2) is 0 Å². The molecule has 0 radical (unpaired) electrons. The van der Waals surface area contributed by atoms with Crippen molar-refractivity contribution >= 4 is 5.91 Å². The Balaban J connectivity index is 2.21. The van der Waals surface area contributed by atoms with E-state index in [0.29, 0.717) is 6.54 Å². The van der Waals surface area contributed by atoms with Crippen LogP contribution in [0.4, 0.5) is 0 Å². The minimum atomic E-state index is -0.308. The van der Waals surface area contributed by atoms with Crippen LogP contribution < -0.4 is 5.32 Å². The highest BCUT2D eigenvalue weighted by molar-refractivity contribution is 5.90. The third-order valence-electron chi connectivity index (χ3n) is 2.68. The van der Waals surface area contributed by atoms with Crippen molar-refractivity contribution in [1.82, 2.24) is 10.3 Å². The summed E-state index contributed by atoms with van der Waals surface area (Å²) in [4.78, 5) is 16.0. The van der Waals surface area contributed by atoms with E-state index >= 15 is 0 Å². The lowest BCUT2D eigenvalue weighted by Gasteiger charge is -2.13. The molecular formula is C11H14N2O. The first kappa shape index (κ1) is 9.19. The number of amides is 1. The molecule has 1 fully saturated rings. The van der Waals surface area contributed by atoms with E-state index in [9.17, 15) is 4.79 Å². The zero-order chi connectivity index (χ0) is 10.0. The first-order valence-corrected chi connectivity index (χ1v) is 4.99. The number of rotatable bonds is 3. The van der Waals surface area contributed by atoms with Crippen LogP contribution in [0.3, 0.4) is 0 Å². The largest absolute Gasteiger partial charge is 0.356 e. The summed E-state index contributed by atoms with van der Waals surface area (Å²) in [7, 11) is 0. The lowest BCUT2D eigenvalue weighted by molar-refractivity contribution is -0.123. The lowest BCUT2D eigenvalue weighted by atomic mass is 10.0. The van der Waals surface area contributed by atoms with Crippen molar-refractivity contribution in [3.05, 3.63) is 30.1 Å². The quantitative estimate of drug-likeness (QED) is 0.779. The Kier molecular flexibility index (Phi) is 2.23. The van der Waals surface area contributed by atoms with Crippen LogP contribution >= 0.6 is 0 Å². The van der Waals surface area contributed by atoms with Crippen molar-refractivity contribution in [2.75, 3.05) is 6.54 Å². The molecule has 0 spiro atoms. The third kappa shape index (κ3) is 1.39. The van der Waals surface area contributed by atoms with Crippen LogP contribution in [0.5, 0.6) is 0 Å². The molecule has 14 heavy (non-hydrogen) atoms. The summed E-state index contributed by atoms with van der Waals surface area (Å²) in [6.07, 6.45) is 3.60. The molecule has 3 heteroatoms. The van der Waals surface area contributed by atoms with E-state index in [1.54, 1.807) is 6.20 Å². The van der Waals surface area contributed by atoms with E-state index in [4.69, 9.17) is 0 Å².